The molecule has 0 aromatic carbocycles. The number of carbonyl (C=O) groups excluding carboxylic acids is 1. The molecule has 0 aliphatic heterocycles. The molecule has 1 aromatic heterocycles. The van der Waals surface area contributed by atoms with Crippen molar-refractivity contribution < 1.29 is 14.3 Å². The number of methoxy groups -OCH3 is 1. The van der Waals surface area contributed by atoms with Gasteiger partial charge in [-0.2, -0.15) is 0 Å². The van der Waals surface area contributed by atoms with Crippen LogP contribution in [-0.2, 0) is 9.47 Å². The molecule has 0 spiro atoms. The average molecular weight is 227 g/mol. The van der Waals surface area contributed by atoms with Crippen molar-refractivity contribution in [2.24, 2.45) is 0 Å². The first-order chi connectivity index (χ1) is 7.57. The van der Waals surface area contributed by atoms with E-state index < -0.39 is 5.97 Å². The SMILES string of the molecule is COCCOC(=O)c1nnn(C(C)C)c1C. The first-order valence-electron chi connectivity index (χ1n) is 5.15. The lowest BCUT2D eigenvalue weighted by Crippen LogP contribution is -2.12. The van der Waals surface area contributed by atoms with E-state index >= 15 is 0 Å². The number of hydrogen-bond acceptors (Lipinski definition) is 5. The van der Waals surface area contributed by atoms with Crippen LogP contribution in [0.1, 0.15) is 36.1 Å². The first-order valence-corrected chi connectivity index (χ1v) is 5.15. The summed E-state index contributed by atoms with van der Waals surface area (Å²) in [4.78, 5) is 11.6. The molecule has 16 heavy (non-hydrogen) atoms. The van der Waals surface area contributed by atoms with Gasteiger partial charge in [-0.1, -0.05) is 5.21 Å². The second-order valence-electron chi connectivity index (χ2n) is 3.69. The predicted octanol–water partition coefficient (Wildman–Crippen LogP) is 0.971. The zero-order valence-electron chi connectivity index (χ0n) is 10.1. The zero-order chi connectivity index (χ0) is 12.1. The monoisotopic (exact) mass is 227 g/mol. The largest absolute Gasteiger partial charge is 0.458 e. The molecule has 0 radical (unpaired) electrons. The Bertz CT molecular complexity index is 360. The van der Waals surface area contributed by atoms with Gasteiger partial charge in [-0.15, -0.1) is 5.10 Å². The van der Waals surface area contributed by atoms with E-state index in [0.717, 1.165) is 5.69 Å². The van der Waals surface area contributed by atoms with Crippen molar-refractivity contribution in [2.75, 3.05) is 20.3 Å². The molecule has 0 saturated carbocycles. The van der Waals surface area contributed by atoms with Crippen LogP contribution in [-0.4, -0.2) is 41.3 Å². The van der Waals surface area contributed by atoms with Crippen molar-refractivity contribution in [3.8, 4) is 0 Å². The number of esters is 1. The van der Waals surface area contributed by atoms with Crippen LogP contribution in [0.25, 0.3) is 0 Å². The Morgan fingerprint density at radius 3 is 2.62 bits per heavy atom. The fourth-order valence-corrected chi connectivity index (χ4v) is 1.31. The molecule has 0 saturated heterocycles. The van der Waals surface area contributed by atoms with E-state index in [9.17, 15) is 4.79 Å². The van der Waals surface area contributed by atoms with Gasteiger partial charge < -0.3 is 9.47 Å². The van der Waals surface area contributed by atoms with E-state index in [1.807, 2.05) is 13.8 Å². The summed E-state index contributed by atoms with van der Waals surface area (Å²) in [5.41, 5.74) is 0.988. The molecule has 1 rings (SSSR count). The maximum atomic E-state index is 11.6. The minimum Gasteiger partial charge on any atom is -0.458 e. The number of rotatable bonds is 5. The van der Waals surface area contributed by atoms with Gasteiger partial charge in [0.15, 0.2) is 5.69 Å². The lowest BCUT2D eigenvalue weighted by molar-refractivity contribution is 0.0380. The molecule has 0 unspecified atom stereocenters. The van der Waals surface area contributed by atoms with Gasteiger partial charge in [0.05, 0.1) is 12.3 Å². The first kappa shape index (κ1) is 12.6. The Labute approximate surface area is 94.5 Å². The molecule has 0 fully saturated rings. The van der Waals surface area contributed by atoms with Crippen molar-refractivity contribution in [2.45, 2.75) is 26.8 Å². The quantitative estimate of drug-likeness (QED) is 0.554. The van der Waals surface area contributed by atoms with Crippen molar-refractivity contribution in [1.82, 2.24) is 15.0 Å². The maximum absolute atomic E-state index is 11.6. The van der Waals surface area contributed by atoms with Gasteiger partial charge in [0.25, 0.3) is 0 Å². The molecule has 0 atom stereocenters. The summed E-state index contributed by atoms with van der Waals surface area (Å²) < 4.78 is 11.4. The van der Waals surface area contributed by atoms with E-state index in [-0.39, 0.29) is 18.3 Å². The van der Waals surface area contributed by atoms with Crippen LogP contribution in [0.15, 0.2) is 0 Å². The van der Waals surface area contributed by atoms with Gasteiger partial charge in [0, 0.05) is 13.2 Å². The van der Waals surface area contributed by atoms with Crippen LogP contribution in [0.4, 0.5) is 0 Å². The second kappa shape index (κ2) is 5.60. The normalized spacial score (nSPS) is 10.8. The molecule has 90 valence electrons. The topological polar surface area (TPSA) is 66.2 Å². The summed E-state index contributed by atoms with van der Waals surface area (Å²) in [5.74, 6) is -0.457. The van der Waals surface area contributed by atoms with E-state index in [4.69, 9.17) is 9.47 Å². The summed E-state index contributed by atoms with van der Waals surface area (Å²) in [6.45, 7) is 6.35. The van der Waals surface area contributed by atoms with Gasteiger partial charge in [-0.25, -0.2) is 9.48 Å². The van der Waals surface area contributed by atoms with Crippen molar-refractivity contribution in [3.63, 3.8) is 0 Å². The van der Waals surface area contributed by atoms with Gasteiger partial charge >= 0.3 is 5.97 Å². The fraction of sp³-hybridized carbons (Fsp3) is 0.700. The second-order valence-corrected chi connectivity index (χ2v) is 3.69. The van der Waals surface area contributed by atoms with Crippen LogP contribution >= 0.6 is 0 Å². The van der Waals surface area contributed by atoms with Gasteiger partial charge in [-0.3, -0.25) is 0 Å². The van der Waals surface area contributed by atoms with Crippen LogP contribution in [0.3, 0.4) is 0 Å². The highest BCUT2D eigenvalue weighted by Crippen LogP contribution is 2.10. The number of hydrogen-bond donors (Lipinski definition) is 0. The van der Waals surface area contributed by atoms with E-state index in [1.165, 1.54) is 0 Å². The van der Waals surface area contributed by atoms with Crippen molar-refractivity contribution in [3.05, 3.63) is 11.4 Å². The lowest BCUT2D eigenvalue weighted by atomic mass is 10.3. The van der Waals surface area contributed by atoms with Crippen LogP contribution in [0, 0.1) is 6.92 Å². The van der Waals surface area contributed by atoms with Crippen molar-refractivity contribution >= 4 is 5.97 Å². The number of carbonyl (C=O) groups is 1. The van der Waals surface area contributed by atoms with Gasteiger partial charge in [-0.05, 0) is 20.8 Å². The standard InChI is InChI=1S/C10H17N3O3/c1-7(2)13-8(3)9(11-12-13)10(14)16-6-5-15-4/h7H,5-6H2,1-4H3. The molecule has 0 N–H and O–H groups in total. The summed E-state index contributed by atoms with van der Waals surface area (Å²) in [7, 11) is 1.55. The minimum absolute atomic E-state index is 0.174. The molecule has 0 bridgehead atoms. The molecule has 0 aliphatic rings. The predicted molar refractivity (Wildman–Crippen MR) is 57.3 cm³/mol. The Kier molecular flexibility index (Phi) is 4.42. The Morgan fingerprint density at radius 1 is 1.44 bits per heavy atom. The average Bonchev–Trinajstić information content (AvgIpc) is 2.60. The van der Waals surface area contributed by atoms with Gasteiger partial charge in [0.2, 0.25) is 0 Å². The Morgan fingerprint density at radius 2 is 2.12 bits per heavy atom. The maximum Gasteiger partial charge on any atom is 0.360 e. The number of nitrogens with zero attached hydrogens (tertiary/aromatic N) is 3. The highest BCUT2D eigenvalue weighted by molar-refractivity contribution is 5.88. The third-order valence-electron chi connectivity index (χ3n) is 2.13. The molecular formula is C10H17N3O3. The highest BCUT2D eigenvalue weighted by atomic mass is 16.6. The molecular weight excluding hydrogens is 210 g/mol. The Hall–Kier alpha value is -1.43. The summed E-state index contributed by atoms with van der Waals surface area (Å²) in [6, 6.07) is 0.174. The minimum atomic E-state index is -0.457. The molecule has 1 aromatic rings. The third kappa shape index (κ3) is 2.79. The van der Waals surface area contributed by atoms with Crippen LogP contribution in [0.2, 0.25) is 0 Å². The summed E-state index contributed by atoms with van der Waals surface area (Å²) in [5, 5.41) is 7.71. The van der Waals surface area contributed by atoms with E-state index in [2.05, 4.69) is 10.3 Å². The summed E-state index contributed by atoms with van der Waals surface area (Å²) >= 11 is 0. The third-order valence-corrected chi connectivity index (χ3v) is 2.13. The zero-order valence-corrected chi connectivity index (χ0v) is 10.1. The molecule has 0 aliphatic carbocycles. The molecule has 0 amide bonds. The van der Waals surface area contributed by atoms with Crippen LogP contribution in [0.5, 0.6) is 0 Å². The van der Waals surface area contributed by atoms with Crippen molar-refractivity contribution in [1.29, 1.82) is 0 Å². The van der Waals surface area contributed by atoms with Gasteiger partial charge in [0.1, 0.15) is 6.61 Å². The lowest BCUT2D eigenvalue weighted by Gasteiger charge is -2.06. The van der Waals surface area contributed by atoms with Crippen LogP contribution < -0.4 is 0 Å². The highest BCUT2D eigenvalue weighted by Gasteiger charge is 2.18. The van der Waals surface area contributed by atoms with E-state index in [0.29, 0.717) is 6.61 Å². The Balaban J connectivity index is 2.69. The smallest absolute Gasteiger partial charge is 0.360 e. The summed E-state index contributed by atoms with van der Waals surface area (Å²) in [6.07, 6.45) is 0. The molecule has 1 heterocycles. The fourth-order valence-electron chi connectivity index (χ4n) is 1.31. The number of aromatic nitrogens is 3. The molecule has 6 heteroatoms. The number of ether oxygens (including phenoxy) is 2. The molecule has 6 nitrogen and oxygen atoms in total. The van der Waals surface area contributed by atoms with E-state index in [1.54, 1.807) is 18.7 Å².